The number of unbranched alkanes of at least 4 members (excludes halogenated alkanes) is 1. The number of hydrogen-bond donors (Lipinski definition) is 1. The summed E-state index contributed by atoms with van der Waals surface area (Å²) in [6.45, 7) is 6.68. The van der Waals surface area contributed by atoms with Crippen LogP contribution in [0.4, 0.5) is 0 Å². The monoisotopic (exact) mass is 390 g/mol. The number of H-pyrrole nitrogens is 1. The standard InChI is InChI=1S/C18H22N4O4S/c1-4-6-9-22-15-14(16(23)20-18(22)25)21(5-2)13(19-15)10-26-17(24)12-8-7-11(3)27-12/h7-8H,4-6,9-10H2,1-3H3,(H,20,23,25). The Labute approximate surface area is 159 Å². The van der Waals surface area contributed by atoms with Crippen molar-refractivity contribution in [2.75, 3.05) is 0 Å². The molecule has 3 aromatic heterocycles. The third kappa shape index (κ3) is 3.73. The Morgan fingerprint density at radius 2 is 2.04 bits per heavy atom. The average Bonchev–Trinajstić information content (AvgIpc) is 3.23. The summed E-state index contributed by atoms with van der Waals surface area (Å²) in [5, 5.41) is 0. The minimum Gasteiger partial charge on any atom is -0.453 e. The number of hydrogen-bond acceptors (Lipinski definition) is 6. The van der Waals surface area contributed by atoms with Crippen LogP contribution in [0.25, 0.3) is 11.2 Å². The van der Waals surface area contributed by atoms with Gasteiger partial charge in [-0.1, -0.05) is 13.3 Å². The highest BCUT2D eigenvalue weighted by molar-refractivity contribution is 7.13. The SMILES string of the molecule is CCCCn1c(=O)[nH]c(=O)c2c1nc(COC(=O)c1ccc(C)s1)n2CC. The Kier molecular flexibility index (Phi) is 5.59. The number of nitrogens with zero attached hydrogens (tertiary/aromatic N) is 3. The number of aromatic amines is 1. The Balaban J connectivity index is 1.98. The zero-order valence-electron chi connectivity index (χ0n) is 15.6. The number of rotatable bonds is 7. The molecule has 0 aliphatic rings. The van der Waals surface area contributed by atoms with Crippen LogP contribution >= 0.6 is 11.3 Å². The third-order valence-electron chi connectivity index (χ3n) is 4.29. The molecule has 27 heavy (non-hydrogen) atoms. The van der Waals surface area contributed by atoms with Gasteiger partial charge < -0.3 is 9.30 Å². The minimum atomic E-state index is -0.483. The van der Waals surface area contributed by atoms with Crippen molar-refractivity contribution in [3.05, 3.63) is 48.5 Å². The lowest BCUT2D eigenvalue weighted by molar-refractivity contribution is 0.0464. The van der Waals surface area contributed by atoms with Gasteiger partial charge in [0.05, 0.1) is 0 Å². The van der Waals surface area contributed by atoms with Gasteiger partial charge in [0.15, 0.2) is 11.2 Å². The van der Waals surface area contributed by atoms with Crippen LogP contribution in [-0.2, 0) is 24.4 Å². The molecular formula is C18H22N4O4S. The molecule has 9 heteroatoms. The fourth-order valence-corrected chi connectivity index (χ4v) is 3.70. The molecule has 0 atom stereocenters. The Morgan fingerprint density at radius 3 is 2.67 bits per heavy atom. The number of aryl methyl sites for hydroxylation is 3. The first-order chi connectivity index (χ1) is 13.0. The molecule has 0 saturated heterocycles. The molecule has 0 unspecified atom stereocenters. The van der Waals surface area contributed by atoms with Crippen LogP contribution in [0.2, 0.25) is 0 Å². The molecule has 0 bridgehead atoms. The molecule has 0 radical (unpaired) electrons. The lowest BCUT2D eigenvalue weighted by Crippen LogP contribution is -2.31. The molecule has 0 spiro atoms. The fraction of sp³-hybridized carbons (Fsp3) is 0.444. The summed E-state index contributed by atoms with van der Waals surface area (Å²) < 4.78 is 8.54. The maximum absolute atomic E-state index is 12.3. The second-order valence-corrected chi connectivity index (χ2v) is 7.48. The number of nitrogens with one attached hydrogen (secondary N) is 1. The summed E-state index contributed by atoms with van der Waals surface area (Å²) in [4.78, 5) is 45.1. The maximum Gasteiger partial charge on any atom is 0.348 e. The van der Waals surface area contributed by atoms with Gasteiger partial charge in [-0.15, -0.1) is 11.3 Å². The molecule has 1 N–H and O–H groups in total. The van der Waals surface area contributed by atoms with Crippen molar-refractivity contribution >= 4 is 28.5 Å². The normalized spacial score (nSPS) is 11.2. The molecule has 0 fully saturated rings. The second-order valence-electron chi connectivity index (χ2n) is 6.20. The van der Waals surface area contributed by atoms with E-state index in [1.807, 2.05) is 26.8 Å². The summed E-state index contributed by atoms with van der Waals surface area (Å²) >= 11 is 1.36. The van der Waals surface area contributed by atoms with Gasteiger partial charge in [-0.05, 0) is 32.4 Å². The van der Waals surface area contributed by atoms with Crippen molar-refractivity contribution in [3.63, 3.8) is 0 Å². The van der Waals surface area contributed by atoms with E-state index >= 15 is 0 Å². The Bertz CT molecular complexity index is 1090. The zero-order valence-corrected chi connectivity index (χ0v) is 16.4. The molecule has 0 aliphatic carbocycles. The zero-order chi connectivity index (χ0) is 19.6. The number of fused-ring (bicyclic) bond motifs is 1. The van der Waals surface area contributed by atoms with Gasteiger partial charge in [-0.25, -0.2) is 14.6 Å². The van der Waals surface area contributed by atoms with E-state index < -0.39 is 17.2 Å². The van der Waals surface area contributed by atoms with Crippen LogP contribution in [0.15, 0.2) is 21.7 Å². The van der Waals surface area contributed by atoms with Gasteiger partial charge in [0, 0.05) is 18.0 Å². The quantitative estimate of drug-likeness (QED) is 0.625. The van der Waals surface area contributed by atoms with Crippen molar-refractivity contribution < 1.29 is 9.53 Å². The van der Waals surface area contributed by atoms with E-state index in [-0.39, 0.29) is 6.61 Å². The number of esters is 1. The largest absolute Gasteiger partial charge is 0.453 e. The molecule has 144 valence electrons. The highest BCUT2D eigenvalue weighted by atomic mass is 32.1. The molecular weight excluding hydrogens is 368 g/mol. The number of imidazole rings is 1. The van der Waals surface area contributed by atoms with Gasteiger partial charge in [-0.3, -0.25) is 14.3 Å². The first kappa shape index (κ1) is 19.1. The highest BCUT2D eigenvalue weighted by Crippen LogP contribution is 2.18. The minimum absolute atomic E-state index is 0.0697. The van der Waals surface area contributed by atoms with Crippen molar-refractivity contribution in [3.8, 4) is 0 Å². The summed E-state index contributed by atoms with van der Waals surface area (Å²) in [5.41, 5.74) is -0.300. The van der Waals surface area contributed by atoms with E-state index in [1.54, 1.807) is 10.6 Å². The summed E-state index contributed by atoms with van der Waals surface area (Å²) in [7, 11) is 0. The number of carbonyl (C=O) groups is 1. The van der Waals surface area contributed by atoms with Gasteiger partial charge in [0.2, 0.25) is 0 Å². The predicted octanol–water partition coefficient (Wildman–Crippen LogP) is 2.43. The van der Waals surface area contributed by atoms with Crippen LogP contribution < -0.4 is 11.2 Å². The van der Waals surface area contributed by atoms with Crippen molar-refractivity contribution in [1.29, 1.82) is 0 Å². The molecule has 0 aromatic carbocycles. The summed E-state index contributed by atoms with van der Waals surface area (Å²) in [6, 6.07) is 3.58. The molecule has 3 heterocycles. The van der Waals surface area contributed by atoms with Gasteiger partial charge in [-0.2, -0.15) is 0 Å². The number of aromatic nitrogens is 4. The molecule has 8 nitrogen and oxygen atoms in total. The van der Waals surface area contributed by atoms with Crippen LogP contribution in [0.1, 0.15) is 47.1 Å². The molecule has 0 aliphatic heterocycles. The fourth-order valence-electron chi connectivity index (χ4n) is 2.94. The number of thiophene rings is 1. The third-order valence-corrected chi connectivity index (χ3v) is 5.27. The summed E-state index contributed by atoms with van der Waals surface area (Å²) in [6.07, 6.45) is 1.70. The van der Waals surface area contributed by atoms with Gasteiger partial charge in [0.1, 0.15) is 17.3 Å². The lowest BCUT2D eigenvalue weighted by atomic mass is 10.3. The molecule has 0 saturated carbocycles. The number of carbonyl (C=O) groups excluding carboxylic acids is 1. The van der Waals surface area contributed by atoms with Crippen LogP contribution in [-0.4, -0.2) is 25.1 Å². The van der Waals surface area contributed by atoms with E-state index in [1.165, 1.54) is 15.9 Å². The van der Waals surface area contributed by atoms with E-state index in [0.29, 0.717) is 35.0 Å². The van der Waals surface area contributed by atoms with Crippen molar-refractivity contribution in [2.45, 2.75) is 53.3 Å². The van der Waals surface area contributed by atoms with Crippen molar-refractivity contribution in [2.24, 2.45) is 0 Å². The van der Waals surface area contributed by atoms with Crippen molar-refractivity contribution in [1.82, 2.24) is 19.1 Å². The summed E-state index contributed by atoms with van der Waals surface area (Å²) in [5.74, 6) is 0.00979. The van der Waals surface area contributed by atoms with E-state index in [0.717, 1.165) is 17.7 Å². The number of ether oxygens (including phenoxy) is 1. The van der Waals surface area contributed by atoms with E-state index in [4.69, 9.17) is 4.74 Å². The first-order valence-corrected chi connectivity index (χ1v) is 9.73. The predicted molar refractivity (Wildman–Crippen MR) is 103 cm³/mol. The molecule has 3 rings (SSSR count). The topological polar surface area (TPSA) is 99.0 Å². The first-order valence-electron chi connectivity index (χ1n) is 8.92. The van der Waals surface area contributed by atoms with Gasteiger partial charge in [0.25, 0.3) is 5.56 Å². The van der Waals surface area contributed by atoms with E-state index in [2.05, 4.69) is 9.97 Å². The van der Waals surface area contributed by atoms with Crippen LogP contribution in [0.3, 0.4) is 0 Å². The lowest BCUT2D eigenvalue weighted by Gasteiger charge is -2.06. The Hall–Kier alpha value is -2.68. The Morgan fingerprint density at radius 1 is 1.26 bits per heavy atom. The highest BCUT2D eigenvalue weighted by Gasteiger charge is 2.19. The second kappa shape index (κ2) is 7.91. The van der Waals surface area contributed by atoms with Crippen LogP contribution in [0.5, 0.6) is 0 Å². The smallest absolute Gasteiger partial charge is 0.348 e. The van der Waals surface area contributed by atoms with Gasteiger partial charge >= 0.3 is 11.7 Å². The maximum atomic E-state index is 12.3. The van der Waals surface area contributed by atoms with E-state index in [9.17, 15) is 14.4 Å². The average molecular weight is 390 g/mol. The van der Waals surface area contributed by atoms with Crippen LogP contribution in [0, 0.1) is 6.92 Å². The molecule has 3 aromatic rings. The molecule has 0 amide bonds.